The summed E-state index contributed by atoms with van der Waals surface area (Å²) in [5, 5.41) is 19.8. The van der Waals surface area contributed by atoms with Crippen LogP contribution in [0.25, 0.3) is 17.1 Å². The molecule has 9 nitrogen and oxygen atoms in total. The highest BCUT2D eigenvalue weighted by atomic mass is 32.2. The number of nitrogens with one attached hydrogen (secondary N) is 1. The molecular weight excluding hydrogens is 498 g/mol. The molecule has 1 amide bonds. The summed E-state index contributed by atoms with van der Waals surface area (Å²) in [6, 6.07) is 22.8. The number of nitrogens with zero attached hydrogens (tertiary/aromatic N) is 4. The molecule has 1 aromatic heterocycles. The van der Waals surface area contributed by atoms with Gasteiger partial charge in [0.1, 0.15) is 0 Å². The van der Waals surface area contributed by atoms with Crippen LogP contribution < -0.4 is 5.32 Å². The Bertz CT molecular complexity index is 1500. The molecule has 4 rings (SSSR count). The van der Waals surface area contributed by atoms with Gasteiger partial charge in [0.25, 0.3) is 0 Å². The second kappa shape index (κ2) is 10.8. The van der Waals surface area contributed by atoms with Crippen molar-refractivity contribution >= 4 is 38.9 Å². The van der Waals surface area contributed by atoms with Gasteiger partial charge in [0, 0.05) is 17.5 Å². The van der Waals surface area contributed by atoms with E-state index in [4.69, 9.17) is 5.21 Å². The fourth-order valence-corrected chi connectivity index (χ4v) is 4.58. The summed E-state index contributed by atoms with van der Waals surface area (Å²) in [4.78, 5) is 17.3. The van der Waals surface area contributed by atoms with Crippen molar-refractivity contribution in [2.24, 2.45) is 5.16 Å². The number of carbonyl (C=O) groups excluding carboxylic acids is 1. The molecule has 36 heavy (non-hydrogen) atoms. The number of thioether (sulfide) groups is 1. The molecule has 3 aromatic carbocycles. The van der Waals surface area contributed by atoms with Gasteiger partial charge in [-0.05, 0) is 48.9 Å². The Hall–Kier alpha value is -3.96. The zero-order valence-corrected chi connectivity index (χ0v) is 21.1. The van der Waals surface area contributed by atoms with Crippen LogP contribution in [0.1, 0.15) is 12.5 Å². The molecule has 0 saturated heterocycles. The number of benzene rings is 3. The summed E-state index contributed by atoms with van der Waals surface area (Å²) in [6.07, 6.45) is 1.16. The van der Waals surface area contributed by atoms with Crippen LogP contribution in [0.2, 0.25) is 0 Å². The maximum atomic E-state index is 12.5. The van der Waals surface area contributed by atoms with Crippen LogP contribution in [0.5, 0.6) is 0 Å². The molecular formula is C25H23N5O4S2. The van der Waals surface area contributed by atoms with E-state index in [1.54, 1.807) is 48.0 Å². The molecule has 0 aliphatic carbocycles. The van der Waals surface area contributed by atoms with Crippen LogP contribution in [-0.4, -0.2) is 52.0 Å². The minimum atomic E-state index is -3.32. The highest BCUT2D eigenvalue weighted by Crippen LogP contribution is 2.25. The van der Waals surface area contributed by atoms with Gasteiger partial charge in [0.2, 0.25) is 11.1 Å². The van der Waals surface area contributed by atoms with Crippen LogP contribution in [0, 0.1) is 0 Å². The van der Waals surface area contributed by atoms with Crippen molar-refractivity contribution in [1.29, 1.82) is 0 Å². The third-order valence-corrected chi connectivity index (χ3v) is 7.16. The predicted octanol–water partition coefficient (Wildman–Crippen LogP) is 4.27. The highest BCUT2D eigenvalue weighted by molar-refractivity contribution is 7.99. The van der Waals surface area contributed by atoms with Crippen molar-refractivity contribution in [3.05, 3.63) is 84.4 Å². The Kier molecular flexibility index (Phi) is 7.51. The van der Waals surface area contributed by atoms with Gasteiger partial charge in [-0.1, -0.05) is 59.4 Å². The summed E-state index contributed by atoms with van der Waals surface area (Å²) in [5.74, 6) is 0.432. The molecule has 184 valence electrons. The number of carbonyl (C=O) groups is 1. The lowest BCUT2D eigenvalue weighted by atomic mass is 10.1. The first-order valence-corrected chi connectivity index (χ1v) is 13.7. The third-order valence-electron chi connectivity index (χ3n) is 5.20. The molecule has 0 aliphatic rings. The quantitative estimate of drug-likeness (QED) is 0.153. The number of sulfone groups is 1. The monoisotopic (exact) mass is 521 g/mol. The molecule has 0 fully saturated rings. The summed E-state index contributed by atoms with van der Waals surface area (Å²) in [6.45, 7) is 1.68. The lowest BCUT2D eigenvalue weighted by molar-refractivity contribution is -0.113. The predicted molar refractivity (Wildman–Crippen MR) is 140 cm³/mol. The average molecular weight is 522 g/mol. The van der Waals surface area contributed by atoms with E-state index in [9.17, 15) is 13.2 Å². The minimum absolute atomic E-state index is 0.0874. The number of hydrogen-bond donors (Lipinski definition) is 2. The molecule has 0 atom stereocenters. The van der Waals surface area contributed by atoms with Crippen molar-refractivity contribution in [2.75, 3.05) is 17.3 Å². The first-order chi connectivity index (χ1) is 17.2. The number of aromatic nitrogens is 3. The maximum absolute atomic E-state index is 12.5. The normalized spacial score (nSPS) is 11.9. The third kappa shape index (κ3) is 5.99. The first kappa shape index (κ1) is 25.1. The molecule has 2 N–H and O–H groups in total. The number of anilines is 1. The summed E-state index contributed by atoms with van der Waals surface area (Å²) < 4.78 is 25.3. The highest BCUT2D eigenvalue weighted by Gasteiger charge is 2.16. The van der Waals surface area contributed by atoms with E-state index >= 15 is 0 Å². The van der Waals surface area contributed by atoms with Crippen LogP contribution in [-0.2, 0) is 14.6 Å². The number of amides is 1. The summed E-state index contributed by atoms with van der Waals surface area (Å²) in [5.41, 5.74) is 3.31. The molecule has 0 radical (unpaired) electrons. The van der Waals surface area contributed by atoms with E-state index in [0.717, 1.165) is 17.4 Å². The Balaban J connectivity index is 1.52. The van der Waals surface area contributed by atoms with E-state index in [-0.39, 0.29) is 16.6 Å². The Morgan fingerprint density at radius 3 is 2.31 bits per heavy atom. The van der Waals surface area contributed by atoms with E-state index in [1.807, 2.05) is 30.3 Å². The van der Waals surface area contributed by atoms with Crippen molar-refractivity contribution in [1.82, 2.24) is 14.8 Å². The van der Waals surface area contributed by atoms with Gasteiger partial charge in [-0.2, -0.15) is 0 Å². The van der Waals surface area contributed by atoms with Gasteiger partial charge in [0.15, 0.2) is 15.7 Å². The molecule has 0 saturated carbocycles. The largest absolute Gasteiger partial charge is 0.411 e. The van der Waals surface area contributed by atoms with Gasteiger partial charge < -0.3 is 10.5 Å². The molecule has 0 unspecified atom stereocenters. The fraction of sp³-hybridized carbons (Fsp3) is 0.120. The molecule has 4 aromatic rings. The second-order valence-electron chi connectivity index (χ2n) is 7.86. The van der Waals surface area contributed by atoms with E-state index in [2.05, 4.69) is 20.6 Å². The molecule has 0 spiro atoms. The van der Waals surface area contributed by atoms with Crippen molar-refractivity contribution in [3.63, 3.8) is 0 Å². The number of rotatable bonds is 8. The van der Waals surface area contributed by atoms with Crippen molar-refractivity contribution < 1.29 is 18.4 Å². The van der Waals surface area contributed by atoms with E-state index < -0.39 is 9.84 Å². The number of hydrogen-bond acceptors (Lipinski definition) is 8. The average Bonchev–Trinajstić information content (AvgIpc) is 3.32. The van der Waals surface area contributed by atoms with E-state index in [0.29, 0.717) is 28.1 Å². The van der Waals surface area contributed by atoms with Gasteiger partial charge >= 0.3 is 0 Å². The van der Waals surface area contributed by atoms with Gasteiger partial charge in [-0.3, -0.25) is 4.79 Å². The van der Waals surface area contributed by atoms with Crippen molar-refractivity contribution in [3.8, 4) is 17.1 Å². The van der Waals surface area contributed by atoms with Crippen LogP contribution in [0.3, 0.4) is 0 Å². The van der Waals surface area contributed by atoms with Crippen LogP contribution in [0.15, 0.2) is 94.1 Å². The molecule has 1 heterocycles. The minimum Gasteiger partial charge on any atom is -0.411 e. The Morgan fingerprint density at radius 1 is 1.03 bits per heavy atom. The maximum Gasteiger partial charge on any atom is 0.234 e. The van der Waals surface area contributed by atoms with Gasteiger partial charge in [-0.15, -0.1) is 5.10 Å². The lowest BCUT2D eigenvalue weighted by Crippen LogP contribution is -2.14. The van der Waals surface area contributed by atoms with Crippen molar-refractivity contribution in [2.45, 2.75) is 17.0 Å². The zero-order chi connectivity index (χ0) is 25.7. The van der Waals surface area contributed by atoms with Gasteiger partial charge in [-0.25, -0.2) is 18.1 Å². The fourth-order valence-electron chi connectivity index (χ4n) is 3.32. The van der Waals surface area contributed by atoms with Crippen LogP contribution in [0.4, 0.5) is 5.69 Å². The summed E-state index contributed by atoms with van der Waals surface area (Å²) >= 11 is 1.19. The smallest absolute Gasteiger partial charge is 0.234 e. The lowest BCUT2D eigenvalue weighted by Gasteiger charge is -2.07. The molecule has 11 heteroatoms. The van der Waals surface area contributed by atoms with E-state index in [1.165, 1.54) is 23.9 Å². The Labute approximate surface area is 212 Å². The topological polar surface area (TPSA) is 127 Å². The standard InChI is InChI=1S/C25H23N5O4S2/c1-17(29-32)18-8-10-20(11-9-18)26-23(31)16-35-25-27-24(19-6-4-3-5-7-19)30(28-25)21-12-14-22(15-13-21)36(2,33)34/h3-15,32H,16H2,1-2H3,(H,26,31)/b29-17+. The molecule has 0 bridgehead atoms. The first-order valence-electron chi connectivity index (χ1n) is 10.8. The summed E-state index contributed by atoms with van der Waals surface area (Å²) in [7, 11) is -3.32. The number of oxime groups is 1. The second-order valence-corrected chi connectivity index (χ2v) is 10.8. The van der Waals surface area contributed by atoms with Crippen LogP contribution >= 0.6 is 11.8 Å². The SMILES string of the molecule is C/C(=N\O)c1ccc(NC(=O)CSc2nc(-c3ccccc3)n(-c3ccc(S(C)(=O)=O)cc3)n2)cc1. The van der Waals surface area contributed by atoms with Gasteiger partial charge in [0.05, 0.1) is 22.0 Å². The zero-order valence-electron chi connectivity index (χ0n) is 19.5. The Morgan fingerprint density at radius 2 is 1.69 bits per heavy atom. The molecule has 0 aliphatic heterocycles.